The average Bonchev–Trinajstić information content (AvgIpc) is 3.37. The largest absolute Gasteiger partial charge is 0.359 e. The zero-order valence-electron chi connectivity index (χ0n) is 16.7. The number of rotatable bonds is 4. The molecule has 0 fully saturated rings. The van der Waals surface area contributed by atoms with E-state index in [-0.39, 0.29) is 23.3 Å². The van der Waals surface area contributed by atoms with Gasteiger partial charge in [0.25, 0.3) is 11.8 Å². The molecule has 1 aromatic heterocycles. The van der Waals surface area contributed by atoms with E-state index in [0.29, 0.717) is 28.4 Å². The third-order valence-electron chi connectivity index (χ3n) is 4.63. The summed E-state index contributed by atoms with van der Waals surface area (Å²) >= 11 is 1.23. The normalized spacial score (nSPS) is 17.8. The van der Waals surface area contributed by atoms with E-state index < -0.39 is 0 Å². The molecule has 2 aliphatic rings. The van der Waals surface area contributed by atoms with Gasteiger partial charge < -0.3 is 15.2 Å². The summed E-state index contributed by atoms with van der Waals surface area (Å²) in [7, 11) is 0. The third kappa shape index (κ3) is 4.22. The summed E-state index contributed by atoms with van der Waals surface area (Å²) in [4.78, 5) is 25.1. The van der Waals surface area contributed by atoms with Crippen molar-refractivity contribution in [3.63, 3.8) is 0 Å². The Kier molecular flexibility index (Phi) is 5.31. The molecule has 154 valence electrons. The lowest BCUT2D eigenvalue weighted by molar-refractivity contribution is -0.113. The van der Waals surface area contributed by atoms with Crippen LogP contribution in [-0.4, -0.2) is 28.7 Å². The number of benzene rings is 1. The average molecular weight is 423 g/mol. The number of fused-ring (bicyclic) bond motifs is 1. The number of aromatic nitrogens is 1. The molecule has 8 nitrogen and oxygen atoms in total. The van der Waals surface area contributed by atoms with Crippen LogP contribution in [0.4, 0.5) is 11.5 Å². The number of allylic oxidation sites excluding steroid dienone is 2. The Labute approximate surface area is 178 Å². The quantitative estimate of drug-likeness (QED) is 0.648. The second-order valence-electron chi connectivity index (χ2n) is 7.95. The van der Waals surface area contributed by atoms with Gasteiger partial charge in [0.1, 0.15) is 5.76 Å². The summed E-state index contributed by atoms with van der Waals surface area (Å²) in [6.07, 6.45) is 5.45. The second-order valence-corrected chi connectivity index (χ2v) is 8.55. The molecular weight excluding hydrogens is 402 g/mol. The van der Waals surface area contributed by atoms with Gasteiger partial charge in [-0.3, -0.25) is 9.59 Å². The van der Waals surface area contributed by atoms with Crippen LogP contribution in [0.15, 0.2) is 63.1 Å². The van der Waals surface area contributed by atoms with E-state index in [9.17, 15) is 9.59 Å². The van der Waals surface area contributed by atoms with Gasteiger partial charge in [0.05, 0.1) is 23.9 Å². The molecule has 0 spiro atoms. The lowest BCUT2D eigenvalue weighted by atomic mass is 9.93. The van der Waals surface area contributed by atoms with E-state index in [1.54, 1.807) is 42.5 Å². The summed E-state index contributed by atoms with van der Waals surface area (Å²) in [6, 6.07) is 8.14. The monoisotopic (exact) mass is 423 g/mol. The maximum Gasteiger partial charge on any atom is 0.256 e. The second kappa shape index (κ2) is 7.92. The molecule has 2 heterocycles. The van der Waals surface area contributed by atoms with Gasteiger partial charge in [0.2, 0.25) is 0 Å². The van der Waals surface area contributed by atoms with E-state index in [4.69, 9.17) is 4.52 Å². The molecule has 1 aromatic carbocycles. The zero-order chi connectivity index (χ0) is 21.3. The molecule has 2 aromatic rings. The fourth-order valence-corrected chi connectivity index (χ4v) is 3.61. The first-order valence-corrected chi connectivity index (χ1v) is 10.2. The van der Waals surface area contributed by atoms with Crippen molar-refractivity contribution in [2.45, 2.75) is 32.2 Å². The Morgan fingerprint density at radius 2 is 1.90 bits per heavy atom. The minimum Gasteiger partial charge on any atom is -0.359 e. The summed E-state index contributed by atoms with van der Waals surface area (Å²) in [5.74, 6) is 0.515. The van der Waals surface area contributed by atoms with Gasteiger partial charge in [-0.15, -0.1) is 0 Å². The van der Waals surface area contributed by atoms with E-state index in [2.05, 4.69) is 24.9 Å². The SMILES string of the molecule is CC(C)(C)c1cc(NC(=O)c2ccc(NC(=O)C3=CC=CC4=NSNC34)cc2)no1. The topological polar surface area (TPSA) is 109 Å². The van der Waals surface area contributed by atoms with Crippen LogP contribution in [0.3, 0.4) is 0 Å². The molecule has 0 radical (unpaired) electrons. The number of amides is 2. The van der Waals surface area contributed by atoms with Crippen LogP contribution in [0.5, 0.6) is 0 Å². The lowest BCUT2D eigenvalue weighted by Crippen LogP contribution is -2.36. The van der Waals surface area contributed by atoms with E-state index in [1.807, 2.05) is 26.8 Å². The first-order chi connectivity index (χ1) is 14.3. The van der Waals surface area contributed by atoms with Crippen LogP contribution in [-0.2, 0) is 10.2 Å². The van der Waals surface area contributed by atoms with Crippen molar-refractivity contribution in [3.8, 4) is 0 Å². The molecule has 9 heteroatoms. The van der Waals surface area contributed by atoms with Crippen molar-refractivity contribution in [3.05, 3.63) is 65.5 Å². The van der Waals surface area contributed by atoms with Gasteiger partial charge in [0.15, 0.2) is 5.82 Å². The highest BCUT2D eigenvalue weighted by Crippen LogP contribution is 2.25. The van der Waals surface area contributed by atoms with Gasteiger partial charge in [-0.1, -0.05) is 38.1 Å². The molecular formula is C21H21N5O3S. The Hall–Kier alpha value is -3.17. The number of nitrogens with zero attached hydrogens (tertiary/aromatic N) is 2. The van der Waals surface area contributed by atoms with Crippen LogP contribution < -0.4 is 15.4 Å². The summed E-state index contributed by atoms with van der Waals surface area (Å²) in [5.41, 5.74) is 2.24. The number of anilines is 2. The van der Waals surface area contributed by atoms with Gasteiger partial charge >= 0.3 is 0 Å². The van der Waals surface area contributed by atoms with Crippen molar-refractivity contribution in [1.82, 2.24) is 9.88 Å². The van der Waals surface area contributed by atoms with Crippen LogP contribution in [0.1, 0.15) is 36.9 Å². The summed E-state index contributed by atoms with van der Waals surface area (Å²) < 4.78 is 12.6. The third-order valence-corrected chi connectivity index (χ3v) is 5.27. The number of hydrogen-bond acceptors (Lipinski definition) is 7. The predicted octanol–water partition coefficient (Wildman–Crippen LogP) is 3.64. The molecule has 0 saturated heterocycles. The fourth-order valence-electron chi connectivity index (χ4n) is 2.93. The fraction of sp³-hybridized carbons (Fsp3) is 0.238. The molecule has 4 rings (SSSR count). The molecule has 1 unspecified atom stereocenters. The summed E-state index contributed by atoms with van der Waals surface area (Å²) in [6.45, 7) is 6.00. The number of hydrogen-bond donors (Lipinski definition) is 3. The molecule has 2 amide bonds. The highest BCUT2D eigenvalue weighted by molar-refractivity contribution is 7.96. The van der Waals surface area contributed by atoms with E-state index in [0.717, 1.165) is 5.71 Å². The first-order valence-electron chi connectivity index (χ1n) is 9.39. The van der Waals surface area contributed by atoms with Gasteiger partial charge in [0, 0.05) is 28.3 Å². The number of carbonyl (C=O) groups excluding carboxylic acids is 2. The predicted molar refractivity (Wildman–Crippen MR) is 117 cm³/mol. The van der Waals surface area contributed by atoms with Gasteiger partial charge in [-0.25, -0.2) is 9.12 Å². The molecule has 1 atom stereocenters. The van der Waals surface area contributed by atoms with Gasteiger partial charge in [-0.2, -0.15) is 0 Å². The highest BCUT2D eigenvalue weighted by atomic mass is 32.2. The maximum absolute atomic E-state index is 12.6. The molecule has 30 heavy (non-hydrogen) atoms. The number of nitrogens with one attached hydrogen (secondary N) is 3. The maximum atomic E-state index is 12.6. The van der Waals surface area contributed by atoms with Crippen molar-refractivity contribution >= 4 is 41.2 Å². The van der Waals surface area contributed by atoms with E-state index >= 15 is 0 Å². The molecule has 0 bridgehead atoms. The van der Waals surface area contributed by atoms with Crippen molar-refractivity contribution < 1.29 is 14.1 Å². The van der Waals surface area contributed by atoms with Crippen LogP contribution in [0.2, 0.25) is 0 Å². The van der Waals surface area contributed by atoms with Crippen molar-refractivity contribution in [2.24, 2.45) is 4.40 Å². The standard InChI is InChI=1S/C21H21N5O3S/c1-21(2,3)16-11-17(24-29-16)23-19(27)12-7-9-13(10-8-12)22-20(28)14-5-4-6-15-18(14)26-30-25-15/h4-11,18,26H,1-3H3,(H,22,28)(H,23,24,27). The smallest absolute Gasteiger partial charge is 0.256 e. The Balaban J connectivity index is 1.39. The number of carbonyl (C=O) groups is 2. The molecule has 1 aliphatic carbocycles. The lowest BCUT2D eigenvalue weighted by Gasteiger charge is -2.17. The summed E-state index contributed by atoms with van der Waals surface area (Å²) in [5, 5.41) is 9.46. The van der Waals surface area contributed by atoms with Crippen LogP contribution in [0, 0.1) is 0 Å². The molecule has 0 saturated carbocycles. The molecule has 1 aliphatic heterocycles. The zero-order valence-corrected chi connectivity index (χ0v) is 17.5. The Morgan fingerprint density at radius 1 is 1.13 bits per heavy atom. The van der Waals surface area contributed by atoms with Crippen molar-refractivity contribution in [2.75, 3.05) is 10.6 Å². The Morgan fingerprint density at radius 3 is 2.60 bits per heavy atom. The minimum absolute atomic E-state index is 0.196. The highest BCUT2D eigenvalue weighted by Gasteiger charge is 2.29. The van der Waals surface area contributed by atoms with E-state index in [1.165, 1.54) is 12.1 Å². The Bertz CT molecular complexity index is 1080. The van der Waals surface area contributed by atoms with Gasteiger partial charge in [-0.05, 0) is 30.3 Å². The molecule has 3 N–H and O–H groups in total. The first kappa shape index (κ1) is 20.1. The van der Waals surface area contributed by atoms with Crippen molar-refractivity contribution in [1.29, 1.82) is 0 Å². The minimum atomic E-state index is -0.310. The van der Waals surface area contributed by atoms with Crippen LogP contribution in [0.25, 0.3) is 0 Å². The van der Waals surface area contributed by atoms with Crippen LogP contribution >= 0.6 is 12.1 Å².